The normalized spacial score (nSPS) is 15.3. The molecule has 1 heterocycles. The summed E-state index contributed by atoms with van der Waals surface area (Å²) < 4.78 is 5.04. The van der Waals surface area contributed by atoms with E-state index >= 15 is 0 Å². The number of methoxy groups -OCH3 is 1. The van der Waals surface area contributed by atoms with E-state index in [0.29, 0.717) is 13.0 Å². The van der Waals surface area contributed by atoms with Crippen molar-refractivity contribution in [1.29, 1.82) is 0 Å². The minimum Gasteiger partial charge on any atom is -0.385 e. The number of rotatable bonds is 5. The number of hydrogen-bond donors (Lipinski definition) is 2. The number of fused-ring (bicyclic) bond motifs is 1. The van der Waals surface area contributed by atoms with E-state index in [1.165, 1.54) is 11.3 Å². The van der Waals surface area contributed by atoms with Crippen LogP contribution in [-0.2, 0) is 16.0 Å². The Balaban J connectivity index is 1.93. The van der Waals surface area contributed by atoms with E-state index in [1.807, 2.05) is 19.1 Å². The minimum atomic E-state index is 0.0493. The highest BCUT2D eigenvalue weighted by atomic mass is 16.5. The molecule has 0 aliphatic carbocycles. The summed E-state index contributed by atoms with van der Waals surface area (Å²) >= 11 is 0. The second-order valence-corrected chi connectivity index (χ2v) is 5.22. The highest BCUT2D eigenvalue weighted by Crippen LogP contribution is 2.25. The number of benzene rings is 1. The monoisotopic (exact) mass is 262 g/mol. The number of anilines is 2. The average Bonchev–Trinajstić information content (AvgIpc) is 2.38. The maximum Gasteiger partial charge on any atom is 0.224 e. The van der Waals surface area contributed by atoms with Crippen molar-refractivity contribution in [2.24, 2.45) is 5.92 Å². The zero-order valence-electron chi connectivity index (χ0n) is 11.7. The Kier molecular flexibility index (Phi) is 4.80. The lowest BCUT2D eigenvalue weighted by molar-refractivity contribution is -0.117. The molecule has 2 N–H and O–H groups in total. The number of ether oxygens (including phenoxy) is 1. The van der Waals surface area contributed by atoms with Gasteiger partial charge in [0.2, 0.25) is 5.91 Å². The van der Waals surface area contributed by atoms with Crippen molar-refractivity contribution >= 4 is 17.3 Å². The zero-order chi connectivity index (χ0) is 13.7. The van der Waals surface area contributed by atoms with Gasteiger partial charge in [0, 0.05) is 38.1 Å². The number of carbonyl (C=O) groups excluding carboxylic acids is 1. The van der Waals surface area contributed by atoms with Crippen LogP contribution in [0.4, 0.5) is 11.4 Å². The molecule has 1 unspecified atom stereocenters. The molecule has 0 saturated heterocycles. The Hall–Kier alpha value is -1.55. The second kappa shape index (κ2) is 6.57. The van der Waals surface area contributed by atoms with E-state index in [4.69, 9.17) is 4.74 Å². The van der Waals surface area contributed by atoms with Crippen molar-refractivity contribution in [2.45, 2.75) is 26.2 Å². The largest absolute Gasteiger partial charge is 0.385 e. The highest BCUT2D eigenvalue weighted by molar-refractivity contribution is 5.91. The molecule has 4 heteroatoms. The molecule has 19 heavy (non-hydrogen) atoms. The van der Waals surface area contributed by atoms with E-state index in [0.717, 1.165) is 25.1 Å². The Bertz CT molecular complexity index is 446. The van der Waals surface area contributed by atoms with Gasteiger partial charge in [-0.1, -0.05) is 6.92 Å². The molecule has 1 aromatic carbocycles. The fraction of sp³-hybridized carbons (Fsp3) is 0.533. The molecular formula is C15H22N2O2. The summed E-state index contributed by atoms with van der Waals surface area (Å²) in [7, 11) is 1.66. The third-order valence-corrected chi connectivity index (χ3v) is 3.31. The maximum atomic E-state index is 11.9. The predicted molar refractivity (Wildman–Crippen MR) is 77.5 cm³/mol. The van der Waals surface area contributed by atoms with Gasteiger partial charge >= 0.3 is 0 Å². The molecule has 2 rings (SSSR count). The van der Waals surface area contributed by atoms with Crippen LogP contribution < -0.4 is 10.6 Å². The van der Waals surface area contributed by atoms with Crippen LogP contribution in [0.3, 0.4) is 0 Å². The first-order valence-corrected chi connectivity index (χ1v) is 6.84. The molecule has 0 radical (unpaired) electrons. The average molecular weight is 262 g/mol. The molecule has 1 aliphatic heterocycles. The van der Waals surface area contributed by atoms with E-state index in [-0.39, 0.29) is 11.8 Å². The van der Waals surface area contributed by atoms with Crippen LogP contribution in [0.1, 0.15) is 25.3 Å². The van der Waals surface area contributed by atoms with Crippen molar-refractivity contribution in [3.05, 3.63) is 23.8 Å². The molecule has 1 aliphatic rings. The van der Waals surface area contributed by atoms with Crippen LogP contribution in [-0.4, -0.2) is 26.2 Å². The first-order valence-electron chi connectivity index (χ1n) is 6.84. The number of aryl methyl sites for hydroxylation is 1. The molecule has 0 bridgehead atoms. The lowest BCUT2D eigenvalue weighted by Gasteiger charge is -2.19. The summed E-state index contributed by atoms with van der Waals surface area (Å²) in [5.41, 5.74) is 3.36. The molecule has 1 atom stereocenters. The number of hydrogen-bond acceptors (Lipinski definition) is 3. The van der Waals surface area contributed by atoms with Crippen molar-refractivity contribution in [3.8, 4) is 0 Å². The van der Waals surface area contributed by atoms with Gasteiger partial charge in [-0.2, -0.15) is 0 Å². The van der Waals surface area contributed by atoms with Gasteiger partial charge in [0.25, 0.3) is 0 Å². The van der Waals surface area contributed by atoms with Gasteiger partial charge in [-0.15, -0.1) is 0 Å². The standard InChI is InChI=1S/C15H22N2O2/c1-11(10-19-2)8-15(18)17-13-5-6-14-12(9-13)4-3-7-16-14/h5-6,9,11,16H,3-4,7-8,10H2,1-2H3,(H,17,18). The van der Waals surface area contributed by atoms with Crippen LogP contribution in [0.2, 0.25) is 0 Å². The van der Waals surface area contributed by atoms with Crippen LogP contribution >= 0.6 is 0 Å². The van der Waals surface area contributed by atoms with Crippen LogP contribution in [0.5, 0.6) is 0 Å². The third kappa shape index (κ3) is 3.96. The molecule has 4 nitrogen and oxygen atoms in total. The van der Waals surface area contributed by atoms with Gasteiger partial charge in [0.05, 0.1) is 0 Å². The van der Waals surface area contributed by atoms with Gasteiger partial charge in [-0.05, 0) is 42.5 Å². The first kappa shape index (κ1) is 13.9. The second-order valence-electron chi connectivity index (χ2n) is 5.22. The molecule has 0 saturated carbocycles. The minimum absolute atomic E-state index is 0.0493. The molecular weight excluding hydrogens is 240 g/mol. The van der Waals surface area contributed by atoms with Crippen molar-refractivity contribution in [1.82, 2.24) is 0 Å². The lowest BCUT2D eigenvalue weighted by atomic mass is 10.0. The van der Waals surface area contributed by atoms with Gasteiger partial charge in [0.1, 0.15) is 0 Å². The summed E-state index contributed by atoms with van der Waals surface area (Å²) in [6.45, 7) is 3.66. The summed E-state index contributed by atoms with van der Waals surface area (Å²) in [5.74, 6) is 0.289. The lowest BCUT2D eigenvalue weighted by Crippen LogP contribution is -2.18. The van der Waals surface area contributed by atoms with E-state index in [9.17, 15) is 4.79 Å². The quantitative estimate of drug-likeness (QED) is 0.857. The van der Waals surface area contributed by atoms with Crippen LogP contribution in [0, 0.1) is 5.92 Å². The summed E-state index contributed by atoms with van der Waals surface area (Å²) in [6.07, 6.45) is 2.71. The fourth-order valence-corrected chi connectivity index (χ4v) is 2.42. The predicted octanol–water partition coefficient (Wildman–Crippen LogP) is 2.66. The topological polar surface area (TPSA) is 50.4 Å². The number of amides is 1. The van der Waals surface area contributed by atoms with Crippen molar-refractivity contribution in [2.75, 3.05) is 30.9 Å². The molecule has 104 valence electrons. The van der Waals surface area contributed by atoms with E-state index in [1.54, 1.807) is 7.11 Å². The summed E-state index contributed by atoms with van der Waals surface area (Å²) in [6, 6.07) is 6.07. The Labute approximate surface area is 114 Å². The van der Waals surface area contributed by atoms with Crippen LogP contribution in [0.15, 0.2) is 18.2 Å². The molecule has 0 fully saturated rings. The smallest absolute Gasteiger partial charge is 0.224 e. The molecule has 0 spiro atoms. The van der Waals surface area contributed by atoms with Gasteiger partial charge in [-0.25, -0.2) is 0 Å². The van der Waals surface area contributed by atoms with E-state index < -0.39 is 0 Å². The zero-order valence-corrected chi connectivity index (χ0v) is 11.7. The van der Waals surface area contributed by atoms with Crippen molar-refractivity contribution in [3.63, 3.8) is 0 Å². The Morgan fingerprint density at radius 1 is 1.53 bits per heavy atom. The van der Waals surface area contributed by atoms with E-state index in [2.05, 4.69) is 16.7 Å². The number of nitrogens with one attached hydrogen (secondary N) is 2. The number of carbonyl (C=O) groups is 1. The van der Waals surface area contributed by atoms with Gasteiger partial charge in [0.15, 0.2) is 0 Å². The SMILES string of the molecule is COCC(C)CC(=O)Nc1ccc2c(c1)CCCN2. The Morgan fingerprint density at radius 3 is 3.16 bits per heavy atom. The highest BCUT2D eigenvalue weighted by Gasteiger charge is 2.12. The third-order valence-electron chi connectivity index (χ3n) is 3.31. The van der Waals surface area contributed by atoms with Crippen molar-refractivity contribution < 1.29 is 9.53 Å². The molecule has 1 amide bonds. The summed E-state index contributed by atoms with van der Waals surface area (Å²) in [4.78, 5) is 11.9. The van der Waals surface area contributed by atoms with Crippen LogP contribution in [0.25, 0.3) is 0 Å². The fourth-order valence-electron chi connectivity index (χ4n) is 2.42. The van der Waals surface area contributed by atoms with Gasteiger partial charge < -0.3 is 15.4 Å². The maximum absolute atomic E-state index is 11.9. The summed E-state index contributed by atoms with van der Waals surface area (Å²) in [5, 5.41) is 6.32. The molecule has 1 aromatic rings. The Morgan fingerprint density at radius 2 is 2.37 bits per heavy atom. The van der Waals surface area contributed by atoms with Gasteiger partial charge in [-0.3, -0.25) is 4.79 Å². The molecule has 0 aromatic heterocycles. The first-order chi connectivity index (χ1) is 9.19.